The van der Waals surface area contributed by atoms with Crippen LogP contribution in [0.25, 0.3) is 0 Å². The number of hydrogen-bond donors (Lipinski definition) is 0. The second-order valence-electron chi connectivity index (χ2n) is 2.99. The molecule has 0 N–H and O–H groups in total. The van der Waals surface area contributed by atoms with Crippen LogP contribution in [-0.4, -0.2) is 0 Å². The van der Waals surface area contributed by atoms with E-state index in [0.717, 1.165) is 14.3 Å². The minimum absolute atomic E-state index is 0.223. The van der Waals surface area contributed by atoms with Crippen LogP contribution in [0.3, 0.4) is 0 Å². The van der Waals surface area contributed by atoms with Crippen molar-refractivity contribution >= 4 is 27.7 Å². The molecule has 0 amide bonds. The van der Waals surface area contributed by atoms with Crippen LogP contribution >= 0.6 is 27.7 Å². The van der Waals surface area contributed by atoms with Gasteiger partial charge in [0.1, 0.15) is 5.82 Å². The van der Waals surface area contributed by atoms with Crippen LogP contribution in [0, 0.1) is 5.82 Å². The molecule has 0 aliphatic carbocycles. The van der Waals surface area contributed by atoms with Gasteiger partial charge in [-0.25, -0.2) is 4.39 Å². The first-order chi connectivity index (χ1) is 7.25. The normalized spacial score (nSPS) is 10.3. The summed E-state index contributed by atoms with van der Waals surface area (Å²) in [4.78, 5) is 2.16. The molecule has 76 valence electrons. The van der Waals surface area contributed by atoms with E-state index in [1.165, 1.54) is 12.1 Å². The standard InChI is InChI=1S/C12H8BrFS/c13-11-8-9(14)6-7-12(11)15-10-4-2-1-3-5-10/h1-8H. The highest BCUT2D eigenvalue weighted by Gasteiger charge is 2.02. The molecule has 0 spiro atoms. The summed E-state index contributed by atoms with van der Waals surface area (Å²) < 4.78 is 13.6. The van der Waals surface area contributed by atoms with Crippen LogP contribution in [0.5, 0.6) is 0 Å². The molecule has 2 aromatic rings. The van der Waals surface area contributed by atoms with Crippen LogP contribution in [-0.2, 0) is 0 Å². The zero-order chi connectivity index (χ0) is 10.7. The van der Waals surface area contributed by atoms with E-state index < -0.39 is 0 Å². The molecule has 0 fully saturated rings. The third-order valence-corrected chi connectivity index (χ3v) is 3.87. The van der Waals surface area contributed by atoms with Crippen molar-refractivity contribution in [2.45, 2.75) is 9.79 Å². The van der Waals surface area contributed by atoms with Crippen molar-refractivity contribution in [3.05, 3.63) is 58.8 Å². The molecule has 3 heteroatoms. The van der Waals surface area contributed by atoms with Crippen molar-refractivity contribution in [1.82, 2.24) is 0 Å². The maximum atomic E-state index is 12.8. The van der Waals surface area contributed by atoms with E-state index in [1.54, 1.807) is 17.8 Å². The van der Waals surface area contributed by atoms with Crippen LogP contribution in [0.15, 0.2) is 62.8 Å². The van der Waals surface area contributed by atoms with E-state index >= 15 is 0 Å². The lowest BCUT2D eigenvalue weighted by Gasteiger charge is -2.03. The number of rotatable bonds is 2. The first-order valence-corrected chi connectivity index (χ1v) is 6.04. The van der Waals surface area contributed by atoms with Crippen molar-refractivity contribution < 1.29 is 4.39 Å². The van der Waals surface area contributed by atoms with Gasteiger partial charge in [0.2, 0.25) is 0 Å². The minimum Gasteiger partial charge on any atom is -0.207 e. The van der Waals surface area contributed by atoms with Gasteiger partial charge in [-0.05, 0) is 46.3 Å². The number of benzene rings is 2. The number of halogens is 2. The topological polar surface area (TPSA) is 0 Å². The van der Waals surface area contributed by atoms with Gasteiger partial charge in [-0.3, -0.25) is 0 Å². The fraction of sp³-hybridized carbons (Fsp3) is 0. The molecule has 0 bridgehead atoms. The Hall–Kier alpha value is -0.800. The average Bonchev–Trinajstić information content (AvgIpc) is 2.24. The molecule has 0 aromatic heterocycles. The molecule has 0 aliphatic rings. The molecule has 0 heterocycles. The molecule has 0 atom stereocenters. The molecule has 2 aromatic carbocycles. The van der Waals surface area contributed by atoms with E-state index in [2.05, 4.69) is 15.9 Å². The zero-order valence-electron chi connectivity index (χ0n) is 7.78. The lowest BCUT2D eigenvalue weighted by molar-refractivity contribution is 0.625. The van der Waals surface area contributed by atoms with Crippen molar-refractivity contribution in [1.29, 1.82) is 0 Å². The molecule has 0 nitrogen and oxygen atoms in total. The van der Waals surface area contributed by atoms with E-state index in [1.807, 2.05) is 30.3 Å². The fourth-order valence-electron chi connectivity index (χ4n) is 1.17. The summed E-state index contributed by atoms with van der Waals surface area (Å²) in [6.07, 6.45) is 0. The highest BCUT2D eigenvalue weighted by molar-refractivity contribution is 9.10. The lowest BCUT2D eigenvalue weighted by Crippen LogP contribution is -1.78. The van der Waals surface area contributed by atoms with Crippen molar-refractivity contribution in [2.24, 2.45) is 0 Å². The Morgan fingerprint density at radius 3 is 2.40 bits per heavy atom. The molecule has 0 saturated heterocycles. The van der Waals surface area contributed by atoms with E-state index in [-0.39, 0.29) is 5.82 Å². The molecule has 15 heavy (non-hydrogen) atoms. The Morgan fingerprint density at radius 2 is 1.73 bits per heavy atom. The van der Waals surface area contributed by atoms with Crippen LogP contribution in [0.2, 0.25) is 0 Å². The van der Waals surface area contributed by atoms with Crippen molar-refractivity contribution in [3.8, 4) is 0 Å². The molecule has 0 aliphatic heterocycles. The van der Waals surface area contributed by atoms with Gasteiger partial charge in [0.05, 0.1) is 0 Å². The fourth-order valence-corrected chi connectivity index (χ4v) is 2.61. The minimum atomic E-state index is -0.223. The van der Waals surface area contributed by atoms with Gasteiger partial charge in [-0.1, -0.05) is 30.0 Å². The zero-order valence-corrected chi connectivity index (χ0v) is 10.2. The van der Waals surface area contributed by atoms with E-state index in [9.17, 15) is 4.39 Å². The third-order valence-electron chi connectivity index (χ3n) is 1.86. The van der Waals surface area contributed by atoms with Crippen molar-refractivity contribution in [2.75, 3.05) is 0 Å². The van der Waals surface area contributed by atoms with Gasteiger partial charge in [0.15, 0.2) is 0 Å². The molecule has 2 rings (SSSR count). The maximum absolute atomic E-state index is 12.8. The Kier molecular flexibility index (Phi) is 3.44. The molecule has 0 radical (unpaired) electrons. The summed E-state index contributed by atoms with van der Waals surface area (Å²) in [6.45, 7) is 0. The first kappa shape index (κ1) is 10.7. The Balaban J connectivity index is 2.25. The lowest BCUT2D eigenvalue weighted by atomic mass is 10.3. The third kappa shape index (κ3) is 2.83. The predicted molar refractivity (Wildman–Crippen MR) is 64.7 cm³/mol. The maximum Gasteiger partial charge on any atom is 0.124 e. The second kappa shape index (κ2) is 4.81. The molecule has 0 unspecified atom stereocenters. The largest absolute Gasteiger partial charge is 0.207 e. The summed E-state index contributed by atoms with van der Waals surface area (Å²) in [5.74, 6) is -0.223. The highest BCUT2D eigenvalue weighted by Crippen LogP contribution is 2.33. The summed E-state index contributed by atoms with van der Waals surface area (Å²) in [5.41, 5.74) is 0. The summed E-state index contributed by atoms with van der Waals surface area (Å²) in [6, 6.07) is 14.7. The number of hydrogen-bond acceptors (Lipinski definition) is 1. The smallest absolute Gasteiger partial charge is 0.124 e. The van der Waals surface area contributed by atoms with Gasteiger partial charge in [-0.15, -0.1) is 0 Å². The molecular weight excluding hydrogens is 275 g/mol. The van der Waals surface area contributed by atoms with E-state index in [0.29, 0.717) is 0 Å². The van der Waals surface area contributed by atoms with Crippen LogP contribution in [0.1, 0.15) is 0 Å². The Bertz CT molecular complexity index is 456. The molecule has 0 saturated carbocycles. The first-order valence-electron chi connectivity index (χ1n) is 4.43. The van der Waals surface area contributed by atoms with Gasteiger partial charge < -0.3 is 0 Å². The monoisotopic (exact) mass is 282 g/mol. The van der Waals surface area contributed by atoms with Gasteiger partial charge >= 0.3 is 0 Å². The van der Waals surface area contributed by atoms with Crippen LogP contribution in [0.4, 0.5) is 4.39 Å². The quantitative estimate of drug-likeness (QED) is 0.767. The van der Waals surface area contributed by atoms with Gasteiger partial charge in [-0.2, -0.15) is 0 Å². The van der Waals surface area contributed by atoms with Gasteiger partial charge in [0, 0.05) is 14.3 Å². The predicted octanol–water partition coefficient (Wildman–Crippen LogP) is 4.74. The summed E-state index contributed by atoms with van der Waals surface area (Å²) >= 11 is 4.95. The van der Waals surface area contributed by atoms with E-state index in [4.69, 9.17) is 0 Å². The highest BCUT2D eigenvalue weighted by atomic mass is 79.9. The SMILES string of the molecule is Fc1ccc(Sc2ccccc2)c(Br)c1. The van der Waals surface area contributed by atoms with Gasteiger partial charge in [0.25, 0.3) is 0 Å². The second-order valence-corrected chi connectivity index (χ2v) is 4.96. The molecular formula is C12H8BrFS. The Morgan fingerprint density at radius 1 is 1.00 bits per heavy atom. The average molecular weight is 283 g/mol. The summed E-state index contributed by atoms with van der Waals surface area (Å²) in [5, 5.41) is 0. The van der Waals surface area contributed by atoms with Crippen molar-refractivity contribution in [3.63, 3.8) is 0 Å². The Labute approximate surface area is 101 Å². The van der Waals surface area contributed by atoms with Crippen LogP contribution < -0.4 is 0 Å². The summed E-state index contributed by atoms with van der Waals surface area (Å²) in [7, 11) is 0.